The fraction of sp³-hybridized carbons (Fsp3) is 0.450. The summed E-state index contributed by atoms with van der Waals surface area (Å²) in [6.07, 6.45) is 3.75. The zero-order valence-corrected chi connectivity index (χ0v) is 31.9. The molecule has 2 amide bonds. The molecule has 4 atom stereocenters. The number of dihydropyridines is 1. The summed E-state index contributed by atoms with van der Waals surface area (Å²) in [4.78, 5) is 31.8. The van der Waals surface area contributed by atoms with Crippen LogP contribution in [0.25, 0.3) is 0 Å². The van der Waals surface area contributed by atoms with E-state index >= 15 is 0 Å². The molecule has 12 nitrogen and oxygen atoms in total. The Morgan fingerprint density at radius 2 is 1.61 bits per heavy atom. The summed E-state index contributed by atoms with van der Waals surface area (Å²) in [7, 11) is 2.93. The third-order valence-electron chi connectivity index (χ3n) is 10.8. The largest absolute Gasteiger partial charge is 0.482 e. The summed E-state index contributed by atoms with van der Waals surface area (Å²) in [6.45, 7) is 1.44. The molecule has 5 heterocycles. The van der Waals surface area contributed by atoms with Gasteiger partial charge >= 0.3 is 6.18 Å². The topological polar surface area (TPSA) is 148 Å². The van der Waals surface area contributed by atoms with E-state index in [1.165, 1.54) is 7.11 Å². The van der Waals surface area contributed by atoms with Crippen LogP contribution in [0.2, 0.25) is 0 Å². The number of hydrogen-bond donors (Lipinski definition) is 5. The molecule has 3 aliphatic heterocycles. The number of nitrogens with zero attached hydrogens (tertiary/aromatic N) is 2. The summed E-state index contributed by atoms with van der Waals surface area (Å²) in [5.74, 6) is -0.0656. The van der Waals surface area contributed by atoms with Crippen LogP contribution < -0.4 is 36.1 Å². The fourth-order valence-corrected chi connectivity index (χ4v) is 8.46. The monoisotopic (exact) mass is 795 g/mol. The Kier molecular flexibility index (Phi) is 11.7. The maximum Gasteiger partial charge on any atom is 0.421 e. The molecule has 56 heavy (non-hydrogen) atoms. The minimum absolute atomic E-state index is 0.0119. The second-order valence-electron chi connectivity index (χ2n) is 14.4. The average Bonchev–Trinajstić information content (AvgIpc) is 3.81. The molecule has 0 spiro atoms. The number of carbonyl (C=O) groups excluding carboxylic acids is 2. The van der Waals surface area contributed by atoms with Crippen molar-refractivity contribution in [1.82, 2.24) is 36.6 Å². The van der Waals surface area contributed by atoms with Crippen LogP contribution in [0.3, 0.4) is 0 Å². The summed E-state index contributed by atoms with van der Waals surface area (Å²) in [5.41, 5.74) is 2.04. The number of rotatable bonds is 14. The number of hydrogen-bond acceptors (Lipinski definition) is 10. The molecule has 1 aromatic carbocycles. The van der Waals surface area contributed by atoms with E-state index in [4.69, 9.17) is 25.8 Å². The number of fused-ring (bicyclic) bond motifs is 1. The third-order valence-corrected chi connectivity index (χ3v) is 11.2. The molecule has 1 unspecified atom stereocenters. The van der Waals surface area contributed by atoms with Crippen LogP contribution in [-0.4, -0.2) is 67.7 Å². The molecule has 7 rings (SSSR count). The van der Waals surface area contributed by atoms with E-state index in [9.17, 15) is 22.8 Å². The molecule has 16 heteroatoms. The van der Waals surface area contributed by atoms with Gasteiger partial charge in [-0.1, -0.05) is 29.8 Å². The maximum absolute atomic E-state index is 14.7. The van der Waals surface area contributed by atoms with E-state index < -0.39 is 29.3 Å². The molecule has 3 aromatic rings. The molecule has 0 bridgehead atoms. The van der Waals surface area contributed by atoms with Gasteiger partial charge in [0.15, 0.2) is 5.88 Å². The second kappa shape index (κ2) is 16.7. The van der Waals surface area contributed by atoms with Crippen molar-refractivity contribution in [3.8, 4) is 11.8 Å². The van der Waals surface area contributed by atoms with Crippen LogP contribution in [0, 0.1) is 0 Å². The van der Waals surface area contributed by atoms with Crippen molar-refractivity contribution in [1.29, 1.82) is 0 Å². The van der Waals surface area contributed by atoms with Crippen molar-refractivity contribution in [2.24, 2.45) is 0 Å². The van der Waals surface area contributed by atoms with Gasteiger partial charge in [0.05, 0.1) is 19.3 Å². The molecule has 4 aliphatic rings. The second-order valence-corrected chi connectivity index (χ2v) is 14.8. The summed E-state index contributed by atoms with van der Waals surface area (Å²) < 4.78 is 61.7. The zero-order valence-electron chi connectivity index (χ0n) is 31.2. The highest BCUT2D eigenvalue weighted by Gasteiger charge is 2.45. The molecular weight excluding hydrogens is 751 g/mol. The number of methoxy groups -OCH3 is 2. The number of pyridine rings is 2. The Morgan fingerprint density at radius 1 is 0.911 bits per heavy atom. The van der Waals surface area contributed by atoms with Crippen LogP contribution in [0.1, 0.15) is 78.0 Å². The van der Waals surface area contributed by atoms with Gasteiger partial charge in [-0.05, 0) is 78.6 Å². The smallest absolute Gasteiger partial charge is 0.421 e. The average molecular weight is 796 g/mol. The first-order valence-corrected chi connectivity index (χ1v) is 19.2. The van der Waals surface area contributed by atoms with Gasteiger partial charge in [-0.2, -0.15) is 18.2 Å². The summed E-state index contributed by atoms with van der Waals surface area (Å²) in [5, 5.41) is 16.4. The van der Waals surface area contributed by atoms with E-state index in [1.807, 2.05) is 36.4 Å². The van der Waals surface area contributed by atoms with E-state index in [2.05, 4.69) is 36.6 Å². The first-order chi connectivity index (χ1) is 27.0. The number of alkyl halides is 3. The first kappa shape index (κ1) is 39.4. The van der Waals surface area contributed by atoms with Crippen LogP contribution in [0.15, 0.2) is 71.4 Å². The molecule has 2 aromatic heterocycles. The van der Waals surface area contributed by atoms with Crippen molar-refractivity contribution in [3.05, 3.63) is 105 Å². The Balaban J connectivity index is 1.20. The van der Waals surface area contributed by atoms with Crippen LogP contribution in [-0.2, 0) is 39.0 Å². The quantitative estimate of drug-likeness (QED) is 0.151. The molecule has 2 fully saturated rings. The normalized spacial score (nSPS) is 23.5. The predicted molar refractivity (Wildman–Crippen MR) is 202 cm³/mol. The van der Waals surface area contributed by atoms with Gasteiger partial charge in [0.2, 0.25) is 23.6 Å². The minimum Gasteiger partial charge on any atom is -0.482 e. The predicted octanol–water partition coefficient (Wildman–Crippen LogP) is 5.02. The van der Waals surface area contributed by atoms with E-state index in [0.717, 1.165) is 40.3 Å². The number of aromatic nitrogens is 2. The highest BCUT2D eigenvalue weighted by Crippen LogP contribution is 2.48. The summed E-state index contributed by atoms with van der Waals surface area (Å²) in [6, 6.07) is 10.4. The Morgan fingerprint density at radius 3 is 2.23 bits per heavy atom. The SMILES string of the molecule is COC1=C(CNC[C@@H]2CCC(=O)N2)C=C(Cl)C(c2ccncc2)(c2cccc3c2CCC[C@@H]3Oc2nc(OC)c(CNC[C@H]3CCC(=O)N3)cc2C(F)(F)F)N1. The van der Waals surface area contributed by atoms with Gasteiger partial charge in [-0.25, -0.2) is 0 Å². The first-order valence-electron chi connectivity index (χ1n) is 18.8. The lowest BCUT2D eigenvalue weighted by Crippen LogP contribution is -2.48. The Bertz CT molecular complexity index is 2010. The number of nitrogens with one attached hydrogen (secondary N) is 5. The van der Waals surface area contributed by atoms with Crippen molar-refractivity contribution in [2.75, 3.05) is 33.9 Å². The lowest BCUT2D eigenvalue weighted by molar-refractivity contribution is -0.140. The van der Waals surface area contributed by atoms with Gasteiger partial charge in [0.1, 0.15) is 17.2 Å². The Labute approximate surface area is 328 Å². The van der Waals surface area contributed by atoms with Crippen molar-refractivity contribution < 1.29 is 37.0 Å². The highest BCUT2D eigenvalue weighted by molar-refractivity contribution is 6.31. The van der Waals surface area contributed by atoms with Gasteiger partial charge in [-0.3, -0.25) is 14.6 Å². The molecule has 0 saturated carbocycles. The maximum atomic E-state index is 14.7. The number of ether oxygens (including phenoxy) is 3. The van der Waals surface area contributed by atoms with Crippen molar-refractivity contribution in [3.63, 3.8) is 0 Å². The highest BCUT2D eigenvalue weighted by atomic mass is 35.5. The van der Waals surface area contributed by atoms with E-state index in [-0.39, 0.29) is 41.9 Å². The number of benzene rings is 1. The Hall–Kier alpha value is -4.86. The molecule has 298 valence electrons. The van der Waals surface area contributed by atoms with Gasteiger partial charge < -0.3 is 40.8 Å². The number of amides is 2. The van der Waals surface area contributed by atoms with E-state index in [1.54, 1.807) is 19.5 Å². The lowest BCUT2D eigenvalue weighted by atomic mass is 9.74. The van der Waals surface area contributed by atoms with E-state index in [0.29, 0.717) is 69.1 Å². The number of halogens is 4. The molecule has 0 radical (unpaired) electrons. The standard InChI is InChI=1S/C40H45ClF3N7O5/c1-54-36-23(19-46-21-26-9-11-34(52)48-26)17-31(40(42,43)44)38(50-36)56-32-8-4-5-28-29(32)6-3-7-30(28)39(25-13-15-45-16-14-25)33(41)18-24(37(51-39)55-2)20-47-22-27-10-12-35(53)49-27/h3,6-7,13-18,26-27,32,46-47,51H,4-5,8-12,19-22H2,1-2H3,(H,48,52)(H,49,53)/t26-,27+,32+,39?/m1/s1. The van der Waals surface area contributed by atoms with Crippen molar-refractivity contribution in [2.45, 2.75) is 81.4 Å². The van der Waals surface area contributed by atoms with Crippen LogP contribution in [0.4, 0.5) is 13.2 Å². The van der Waals surface area contributed by atoms with Crippen LogP contribution >= 0.6 is 11.6 Å². The minimum atomic E-state index is -4.77. The molecule has 5 N–H and O–H groups in total. The number of carbonyl (C=O) groups is 2. The zero-order chi connectivity index (χ0) is 39.5. The molecule has 2 saturated heterocycles. The fourth-order valence-electron chi connectivity index (χ4n) is 8.07. The molecular formula is C40H45ClF3N7O5. The molecule has 1 aliphatic carbocycles. The van der Waals surface area contributed by atoms with Gasteiger partial charge in [0.25, 0.3) is 0 Å². The van der Waals surface area contributed by atoms with Crippen molar-refractivity contribution >= 4 is 23.4 Å². The van der Waals surface area contributed by atoms with Gasteiger partial charge in [0, 0.05) is 74.6 Å². The van der Waals surface area contributed by atoms with Crippen LogP contribution in [0.5, 0.6) is 11.8 Å². The van der Waals surface area contributed by atoms with Gasteiger partial charge in [-0.15, -0.1) is 0 Å². The lowest BCUT2D eigenvalue weighted by Gasteiger charge is -2.42. The third kappa shape index (κ3) is 8.16. The summed E-state index contributed by atoms with van der Waals surface area (Å²) >= 11 is 7.36.